The van der Waals surface area contributed by atoms with Gasteiger partial charge in [-0.1, -0.05) is 25.6 Å². The van der Waals surface area contributed by atoms with E-state index in [-0.39, 0.29) is 18.9 Å². The molecule has 1 aliphatic heterocycles. The standard InChI is InChI=1S/C15H17N3O4.C2H2.CH4/c1-3-17-18-8-11-9(2)5-4-6-10(11)14(21)13(18)15(22)16-7-12(19)20;1-2;/h3-6,21H,7-8H2,1-2H3,(H,16,22)(H,19,20);1-2H;1H4/b17-3-;;. The number of carboxylic acids is 1. The molecule has 0 fully saturated rings. The number of benzene rings is 1. The van der Waals surface area contributed by atoms with Crippen LogP contribution in [0.3, 0.4) is 0 Å². The fraction of sp³-hybridized carbons (Fsp3) is 0.278. The Morgan fingerprint density at radius 3 is 2.60 bits per heavy atom. The highest BCUT2D eigenvalue weighted by Crippen LogP contribution is 2.32. The van der Waals surface area contributed by atoms with Crippen LogP contribution in [-0.2, 0) is 16.1 Å². The van der Waals surface area contributed by atoms with Crippen LogP contribution in [-0.4, -0.2) is 39.9 Å². The molecule has 3 N–H and O–H groups in total. The molecule has 134 valence electrons. The number of hydrazone groups is 1. The van der Waals surface area contributed by atoms with Crippen molar-refractivity contribution in [2.24, 2.45) is 5.10 Å². The largest absolute Gasteiger partial charge is 0.505 e. The molecule has 1 aliphatic rings. The van der Waals surface area contributed by atoms with E-state index in [9.17, 15) is 14.7 Å². The second kappa shape index (κ2) is 9.78. The molecule has 0 unspecified atom stereocenters. The molecule has 1 amide bonds. The fourth-order valence-electron chi connectivity index (χ4n) is 2.31. The maximum absolute atomic E-state index is 12.2. The summed E-state index contributed by atoms with van der Waals surface area (Å²) in [5.41, 5.74) is 2.35. The topological polar surface area (TPSA) is 102 Å². The zero-order chi connectivity index (χ0) is 18.3. The molecule has 7 nitrogen and oxygen atoms in total. The van der Waals surface area contributed by atoms with Crippen LogP contribution >= 0.6 is 0 Å². The molecule has 0 aliphatic carbocycles. The zero-order valence-electron chi connectivity index (χ0n) is 13.5. The van der Waals surface area contributed by atoms with Crippen LogP contribution in [0.15, 0.2) is 29.0 Å². The molecule has 7 heteroatoms. The first-order chi connectivity index (χ1) is 11.5. The molecule has 1 aromatic carbocycles. The number of aliphatic carboxylic acids is 1. The fourth-order valence-corrected chi connectivity index (χ4v) is 2.31. The Balaban J connectivity index is 0.00000185. The van der Waals surface area contributed by atoms with Crippen molar-refractivity contribution in [2.45, 2.75) is 27.8 Å². The summed E-state index contributed by atoms with van der Waals surface area (Å²) in [6, 6.07) is 5.42. The summed E-state index contributed by atoms with van der Waals surface area (Å²) in [6.45, 7) is 3.40. The number of hydrogen-bond donors (Lipinski definition) is 3. The Labute approximate surface area is 147 Å². The number of carbonyl (C=O) groups is 2. The molecule has 1 heterocycles. The Morgan fingerprint density at radius 1 is 1.40 bits per heavy atom. The minimum absolute atomic E-state index is 0. The van der Waals surface area contributed by atoms with E-state index in [0.29, 0.717) is 12.1 Å². The van der Waals surface area contributed by atoms with Crippen LogP contribution in [0.5, 0.6) is 0 Å². The van der Waals surface area contributed by atoms with Gasteiger partial charge in [-0.3, -0.25) is 14.6 Å². The lowest BCUT2D eigenvalue weighted by Crippen LogP contribution is -2.38. The van der Waals surface area contributed by atoms with Crippen molar-refractivity contribution in [2.75, 3.05) is 6.54 Å². The number of rotatable bonds is 4. The van der Waals surface area contributed by atoms with E-state index in [1.54, 1.807) is 19.1 Å². The number of amides is 1. The van der Waals surface area contributed by atoms with E-state index < -0.39 is 18.4 Å². The number of nitrogens with one attached hydrogen (secondary N) is 1. The number of carboxylic acid groups (broad SMARTS) is 1. The van der Waals surface area contributed by atoms with Gasteiger partial charge < -0.3 is 15.5 Å². The predicted octanol–water partition coefficient (Wildman–Crippen LogP) is 2.13. The quantitative estimate of drug-likeness (QED) is 0.573. The maximum Gasteiger partial charge on any atom is 0.322 e. The third-order valence-electron chi connectivity index (χ3n) is 3.33. The molecular weight excluding hydrogens is 322 g/mol. The van der Waals surface area contributed by atoms with Crippen molar-refractivity contribution in [3.63, 3.8) is 0 Å². The van der Waals surface area contributed by atoms with Gasteiger partial charge in [0, 0.05) is 11.8 Å². The van der Waals surface area contributed by atoms with Crippen LogP contribution in [0, 0.1) is 19.8 Å². The average Bonchev–Trinajstić information content (AvgIpc) is 2.56. The smallest absolute Gasteiger partial charge is 0.322 e. The first kappa shape index (κ1) is 21.7. The van der Waals surface area contributed by atoms with Crippen LogP contribution in [0.4, 0.5) is 0 Å². The number of aliphatic hydroxyl groups excluding tert-OH is 1. The second-order valence-corrected chi connectivity index (χ2v) is 4.81. The van der Waals surface area contributed by atoms with E-state index >= 15 is 0 Å². The van der Waals surface area contributed by atoms with Crippen LogP contribution in [0.1, 0.15) is 31.0 Å². The van der Waals surface area contributed by atoms with Crippen LogP contribution in [0.2, 0.25) is 0 Å². The van der Waals surface area contributed by atoms with E-state index in [4.69, 9.17) is 5.11 Å². The summed E-state index contributed by atoms with van der Waals surface area (Å²) < 4.78 is 0. The highest BCUT2D eigenvalue weighted by molar-refractivity contribution is 6.01. The van der Waals surface area contributed by atoms with Gasteiger partial charge in [-0.15, -0.1) is 12.8 Å². The monoisotopic (exact) mass is 345 g/mol. The molecule has 0 bridgehead atoms. The summed E-state index contributed by atoms with van der Waals surface area (Å²) in [4.78, 5) is 22.8. The van der Waals surface area contributed by atoms with E-state index in [1.165, 1.54) is 11.2 Å². The van der Waals surface area contributed by atoms with Gasteiger partial charge in [0.1, 0.15) is 6.54 Å². The Hall–Kier alpha value is -3.27. The number of hydrogen-bond acceptors (Lipinski definition) is 5. The van der Waals surface area contributed by atoms with Crippen molar-refractivity contribution in [3.05, 3.63) is 40.6 Å². The molecule has 2 rings (SSSR count). The highest BCUT2D eigenvalue weighted by atomic mass is 16.4. The lowest BCUT2D eigenvalue weighted by molar-refractivity contribution is -0.137. The first-order valence-electron chi connectivity index (χ1n) is 7.07. The minimum atomic E-state index is -1.16. The van der Waals surface area contributed by atoms with Gasteiger partial charge in [0.05, 0.1) is 6.54 Å². The summed E-state index contributed by atoms with van der Waals surface area (Å²) in [7, 11) is 0. The molecule has 0 atom stereocenters. The summed E-state index contributed by atoms with van der Waals surface area (Å²) in [5, 5.41) is 26.8. The van der Waals surface area contributed by atoms with Gasteiger partial charge in [0.2, 0.25) is 0 Å². The SMILES string of the molecule is C.C#C.C/C=N\N1Cc2c(C)cccc2C(O)=C1C(=O)NCC(=O)O. The third kappa shape index (κ3) is 4.85. The molecular formula is C18H23N3O4. The Kier molecular flexibility index (Phi) is 8.50. The van der Waals surface area contributed by atoms with E-state index in [0.717, 1.165) is 11.1 Å². The van der Waals surface area contributed by atoms with Crippen molar-refractivity contribution in [3.8, 4) is 12.8 Å². The van der Waals surface area contributed by atoms with E-state index in [1.807, 2.05) is 13.0 Å². The van der Waals surface area contributed by atoms with Crippen LogP contribution in [0.25, 0.3) is 5.76 Å². The normalized spacial score (nSPS) is 12.6. The molecule has 0 saturated heterocycles. The molecule has 0 aromatic heterocycles. The van der Waals surface area contributed by atoms with Gasteiger partial charge >= 0.3 is 5.97 Å². The predicted molar refractivity (Wildman–Crippen MR) is 97.7 cm³/mol. The zero-order valence-corrected chi connectivity index (χ0v) is 13.5. The Morgan fingerprint density at radius 2 is 2.04 bits per heavy atom. The van der Waals surface area contributed by atoms with Crippen molar-refractivity contribution >= 4 is 23.9 Å². The average molecular weight is 345 g/mol. The highest BCUT2D eigenvalue weighted by Gasteiger charge is 2.30. The summed E-state index contributed by atoms with van der Waals surface area (Å²) in [6.07, 6.45) is 9.50. The maximum atomic E-state index is 12.2. The lowest BCUT2D eigenvalue weighted by Gasteiger charge is -2.29. The molecule has 0 spiro atoms. The molecule has 0 saturated carbocycles. The van der Waals surface area contributed by atoms with E-state index in [2.05, 4.69) is 23.3 Å². The lowest BCUT2D eigenvalue weighted by atomic mass is 9.96. The Bertz CT molecular complexity index is 720. The van der Waals surface area contributed by atoms with Gasteiger partial charge in [0.15, 0.2) is 11.5 Å². The number of fused-ring (bicyclic) bond motifs is 1. The van der Waals surface area contributed by atoms with Gasteiger partial charge in [-0.2, -0.15) is 5.10 Å². The number of terminal acetylenes is 1. The van der Waals surface area contributed by atoms with Gasteiger partial charge in [-0.25, -0.2) is 0 Å². The second-order valence-electron chi connectivity index (χ2n) is 4.81. The molecule has 25 heavy (non-hydrogen) atoms. The number of aliphatic hydroxyl groups is 1. The number of aryl methyl sites for hydroxylation is 1. The van der Waals surface area contributed by atoms with Crippen molar-refractivity contribution < 1.29 is 19.8 Å². The van der Waals surface area contributed by atoms with Gasteiger partial charge in [0.25, 0.3) is 5.91 Å². The number of carbonyl (C=O) groups excluding carboxylic acids is 1. The summed E-state index contributed by atoms with van der Waals surface area (Å²) >= 11 is 0. The van der Waals surface area contributed by atoms with Gasteiger partial charge in [-0.05, 0) is 25.0 Å². The summed E-state index contributed by atoms with van der Waals surface area (Å²) in [5.74, 6) is -2.05. The van der Waals surface area contributed by atoms with Crippen molar-refractivity contribution in [1.82, 2.24) is 10.3 Å². The van der Waals surface area contributed by atoms with Crippen molar-refractivity contribution in [1.29, 1.82) is 0 Å². The molecule has 0 radical (unpaired) electrons. The molecule has 1 aromatic rings. The number of nitrogens with zero attached hydrogens (tertiary/aromatic N) is 2. The first-order valence-corrected chi connectivity index (χ1v) is 7.07. The minimum Gasteiger partial charge on any atom is -0.505 e. The van der Waals surface area contributed by atoms with Crippen LogP contribution < -0.4 is 5.32 Å². The third-order valence-corrected chi connectivity index (χ3v) is 3.33.